The molecule has 16 nitrogen and oxygen atoms in total. The Labute approximate surface area is 237 Å². The molecule has 0 amide bonds. The number of morpholine rings is 1. The van der Waals surface area contributed by atoms with Gasteiger partial charge in [-0.05, 0) is 0 Å². The number of ether oxygens (including phenoxy) is 2. The van der Waals surface area contributed by atoms with Crippen molar-refractivity contribution >= 4 is 32.6 Å². The fourth-order valence-electron chi connectivity index (χ4n) is 3.32. The van der Waals surface area contributed by atoms with Crippen LogP contribution >= 0.6 is 15.6 Å². The predicted molar refractivity (Wildman–Crippen MR) is 100 cm³/mol. The minimum Gasteiger partial charge on any atom is -0.766 e. The van der Waals surface area contributed by atoms with Crippen LogP contribution in [0.1, 0.15) is 6.23 Å². The van der Waals surface area contributed by atoms with E-state index in [2.05, 4.69) is 23.8 Å². The van der Waals surface area contributed by atoms with Gasteiger partial charge < -0.3 is 39.7 Å². The fourth-order valence-corrected chi connectivity index (χ4v) is 5.91. The molecule has 2 fully saturated rings. The summed E-state index contributed by atoms with van der Waals surface area (Å²) in [6.07, 6.45) is -3.19. The molecule has 2 aromatic heterocycles. The summed E-state index contributed by atoms with van der Waals surface area (Å²) in [6, 6.07) is 0. The zero-order valence-electron chi connectivity index (χ0n) is 18.4. The summed E-state index contributed by atoms with van der Waals surface area (Å²) in [4.78, 5) is 36.0. The second kappa shape index (κ2) is 12.3. The van der Waals surface area contributed by atoms with Crippen LogP contribution in [0, 0.1) is 0 Å². The summed E-state index contributed by atoms with van der Waals surface area (Å²) in [7, 11) is -10.3. The number of anilines is 1. The molecule has 0 bridgehead atoms. The molecular formula is C14H20N6Na2O10P2. The number of imidazole rings is 1. The average molecular weight is 540 g/mol. The molecule has 2 aromatic rings. The van der Waals surface area contributed by atoms with Gasteiger partial charge in [-0.1, -0.05) is 0 Å². The van der Waals surface area contributed by atoms with Gasteiger partial charge in [-0.25, -0.2) is 19.6 Å². The van der Waals surface area contributed by atoms with E-state index in [1.807, 2.05) is 0 Å². The van der Waals surface area contributed by atoms with E-state index in [1.54, 1.807) is 0 Å². The van der Waals surface area contributed by atoms with Crippen LogP contribution in [-0.4, -0.2) is 85.6 Å². The molecule has 2 aliphatic heterocycles. The Morgan fingerprint density at radius 1 is 1.15 bits per heavy atom. The van der Waals surface area contributed by atoms with Crippen molar-refractivity contribution < 1.29 is 107 Å². The van der Waals surface area contributed by atoms with E-state index in [4.69, 9.17) is 15.2 Å². The first-order valence-electron chi connectivity index (χ1n) is 9.35. The molecule has 4 heterocycles. The molecule has 4 rings (SSSR count). The van der Waals surface area contributed by atoms with Crippen molar-refractivity contribution in [2.24, 2.45) is 0 Å². The summed E-state index contributed by atoms with van der Waals surface area (Å²) in [6.45, 7) is -0.749. The minimum atomic E-state index is -5.34. The topological polar surface area (TPSA) is 230 Å². The Hall–Kier alpha value is 0.450. The van der Waals surface area contributed by atoms with Crippen LogP contribution in [-0.2, 0) is 27.4 Å². The number of aromatic nitrogens is 4. The van der Waals surface area contributed by atoms with Crippen LogP contribution in [0.3, 0.4) is 0 Å². The fraction of sp³-hybridized carbons (Fsp3) is 0.643. The number of nitrogen functional groups attached to an aromatic ring is 1. The van der Waals surface area contributed by atoms with Crippen LogP contribution < -0.4 is 74.6 Å². The second-order valence-electron chi connectivity index (χ2n) is 6.99. The summed E-state index contributed by atoms with van der Waals surface area (Å²) >= 11 is 0. The number of nitrogens with two attached hydrogens (primary N) is 1. The van der Waals surface area contributed by atoms with E-state index in [0.29, 0.717) is 0 Å². The van der Waals surface area contributed by atoms with E-state index in [0.717, 1.165) is 4.67 Å². The number of hydrogen-bond donors (Lipinski definition) is 3. The van der Waals surface area contributed by atoms with E-state index in [9.17, 15) is 29.1 Å². The Morgan fingerprint density at radius 2 is 1.82 bits per heavy atom. The van der Waals surface area contributed by atoms with Crippen molar-refractivity contribution in [1.82, 2.24) is 24.2 Å². The summed E-state index contributed by atoms with van der Waals surface area (Å²) in [5, 5.41) is 20.6. The van der Waals surface area contributed by atoms with E-state index in [1.165, 1.54) is 17.2 Å². The average Bonchev–Trinajstić information content (AvgIpc) is 3.29. The minimum absolute atomic E-state index is 0. The van der Waals surface area contributed by atoms with Gasteiger partial charge in [0.1, 0.15) is 30.2 Å². The van der Waals surface area contributed by atoms with Crippen molar-refractivity contribution in [3.63, 3.8) is 0 Å². The first-order valence-corrected chi connectivity index (χ1v) is 12.3. The molecule has 2 saturated heterocycles. The maximum Gasteiger partial charge on any atom is 1.00 e. The van der Waals surface area contributed by atoms with Crippen LogP contribution in [0.15, 0.2) is 12.7 Å². The van der Waals surface area contributed by atoms with Crippen LogP contribution in [0.5, 0.6) is 0 Å². The van der Waals surface area contributed by atoms with E-state index in [-0.39, 0.29) is 102 Å². The smallest absolute Gasteiger partial charge is 0.766 e. The number of phosphoric acid groups is 1. The van der Waals surface area contributed by atoms with Crippen molar-refractivity contribution in [3.05, 3.63) is 12.7 Å². The molecule has 0 aliphatic carbocycles. The molecule has 0 saturated carbocycles. The number of aliphatic hydroxyl groups excluding tert-OH is 2. The molecule has 20 heteroatoms. The molecule has 0 spiro atoms. The number of fused-ring (bicyclic) bond motifs is 1. The number of hydrogen-bond acceptors (Lipinski definition) is 14. The van der Waals surface area contributed by atoms with Crippen molar-refractivity contribution in [2.75, 3.05) is 38.6 Å². The molecule has 0 aromatic carbocycles. The van der Waals surface area contributed by atoms with Gasteiger partial charge in [0, 0.05) is 13.1 Å². The standard InChI is InChI=1S/C14H22N6O10P2.2Na/c15-12-9-13(17-6-16-12)20(7-18-9)14-11(22)10(21)8(29-14)5-28-32(25,26)30-31(23,24)19-1-3-27-4-2-19;;/h6-8,10-11,14,21-22H,1-5H2,(H,23,24)(H,25,26)(H2,15,16,17);;/q;2*+1/p-2/t8-,10?,11?,14-;;/m0../s1. The zero-order valence-corrected chi connectivity index (χ0v) is 24.2. The van der Waals surface area contributed by atoms with Gasteiger partial charge in [0.25, 0.3) is 7.82 Å². The van der Waals surface area contributed by atoms with Gasteiger partial charge in [0.2, 0.25) is 7.75 Å². The third-order valence-electron chi connectivity index (χ3n) is 4.93. The number of phosphoric ester groups is 1. The van der Waals surface area contributed by atoms with Gasteiger partial charge >= 0.3 is 59.1 Å². The zero-order chi connectivity index (χ0) is 23.1. The predicted octanol–water partition coefficient (Wildman–Crippen LogP) is -8.66. The Morgan fingerprint density at radius 3 is 2.50 bits per heavy atom. The third-order valence-corrected chi connectivity index (χ3v) is 8.12. The summed E-state index contributed by atoms with van der Waals surface area (Å²) in [5.74, 6) is 0.0911. The molecule has 34 heavy (non-hydrogen) atoms. The Balaban J connectivity index is 0.00000204. The van der Waals surface area contributed by atoms with Crippen molar-refractivity contribution in [2.45, 2.75) is 24.5 Å². The van der Waals surface area contributed by atoms with E-state index < -0.39 is 46.7 Å². The van der Waals surface area contributed by atoms with Gasteiger partial charge in [0.15, 0.2) is 17.7 Å². The quantitative estimate of drug-likeness (QED) is 0.219. The van der Waals surface area contributed by atoms with Crippen molar-refractivity contribution in [3.8, 4) is 0 Å². The molecule has 4 N–H and O–H groups in total. The van der Waals surface area contributed by atoms with Crippen molar-refractivity contribution in [1.29, 1.82) is 0 Å². The molecule has 4 unspecified atom stereocenters. The molecule has 6 atom stereocenters. The van der Waals surface area contributed by atoms with Gasteiger partial charge in [-0.3, -0.25) is 18.0 Å². The normalized spacial score (nSPS) is 29.1. The SMILES string of the molecule is Nc1ncnc2c1ncn2[C@H]1O[C@@H](COP(=O)([O-])OP(=O)([O-])N2CCOCC2)C(O)C1O.[Na+].[Na+]. The molecular weight excluding hydrogens is 520 g/mol. The maximum absolute atomic E-state index is 12.1. The molecule has 0 radical (unpaired) electrons. The van der Waals surface area contributed by atoms with Crippen LogP contribution in [0.25, 0.3) is 11.2 Å². The monoisotopic (exact) mass is 540 g/mol. The molecule has 2 aliphatic rings. The first kappa shape index (κ1) is 30.7. The second-order valence-corrected chi connectivity index (χ2v) is 10.3. The van der Waals surface area contributed by atoms with Gasteiger partial charge in [0.05, 0.1) is 26.1 Å². The third kappa shape index (κ3) is 6.65. The molecule has 178 valence electrons. The largest absolute Gasteiger partial charge is 1.00 e. The maximum atomic E-state index is 12.1. The summed E-state index contributed by atoms with van der Waals surface area (Å²) in [5.41, 5.74) is 6.17. The van der Waals surface area contributed by atoms with Crippen LogP contribution in [0.2, 0.25) is 0 Å². The number of nitrogens with zero attached hydrogens (tertiary/aromatic N) is 5. The summed E-state index contributed by atoms with van der Waals surface area (Å²) < 4.78 is 45.7. The van der Waals surface area contributed by atoms with Crippen LogP contribution in [0.4, 0.5) is 5.82 Å². The van der Waals surface area contributed by atoms with Gasteiger partial charge in [-0.2, -0.15) is 0 Å². The Bertz CT molecular complexity index is 1070. The first-order chi connectivity index (χ1) is 15.1. The van der Waals surface area contributed by atoms with Gasteiger partial charge in [-0.15, -0.1) is 0 Å². The van der Waals surface area contributed by atoms with E-state index >= 15 is 0 Å². The Kier molecular flexibility index (Phi) is 11.1. The number of rotatable bonds is 7. The number of aliphatic hydroxyl groups is 2.